The summed E-state index contributed by atoms with van der Waals surface area (Å²) in [4.78, 5) is 11.9. The number of rotatable bonds is 7. The van der Waals surface area contributed by atoms with E-state index in [9.17, 15) is 9.90 Å². The molecule has 3 N–H and O–H groups in total. The van der Waals surface area contributed by atoms with Crippen LogP contribution in [0.4, 0.5) is 5.69 Å². The number of aromatic hydroxyl groups is 1. The number of carbonyl (C=O) groups excluding carboxylic acids is 1. The van der Waals surface area contributed by atoms with Crippen LogP contribution in [0.3, 0.4) is 0 Å². The first-order chi connectivity index (χ1) is 13.1. The molecule has 0 spiro atoms. The Morgan fingerprint density at radius 2 is 2.15 bits per heavy atom. The maximum atomic E-state index is 11.9. The highest BCUT2D eigenvalue weighted by molar-refractivity contribution is 6.32. The van der Waals surface area contributed by atoms with Crippen molar-refractivity contribution in [2.45, 2.75) is 6.92 Å². The first-order valence-corrected chi connectivity index (χ1v) is 8.55. The van der Waals surface area contributed by atoms with E-state index in [0.717, 1.165) is 5.69 Å². The number of halogens is 1. The molecule has 8 nitrogen and oxygen atoms in total. The van der Waals surface area contributed by atoms with Crippen molar-refractivity contribution in [1.29, 1.82) is 0 Å². The van der Waals surface area contributed by atoms with Gasteiger partial charge in [-0.1, -0.05) is 11.6 Å². The van der Waals surface area contributed by atoms with Gasteiger partial charge < -0.3 is 24.6 Å². The third kappa shape index (κ3) is 4.73. The number of nitrogens with one attached hydrogen (secondary N) is 2. The van der Waals surface area contributed by atoms with E-state index in [4.69, 9.17) is 25.8 Å². The summed E-state index contributed by atoms with van der Waals surface area (Å²) in [5.41, 5.74) is 3.71. The molecule has 0 saturated carbocycles. The molecule has 0 aliphatic carbocycles. The van der Waals surface area contributed by atoms with Gasteiger partial charge in [-0.25, -0.2) is 5.43 Å². The summed E-state index contributed by atoms with van der Waals surface area (Å²) in [7, 11) is 0. The highest BCUT2D eigenvalue weighted by atomic mass is 35.5. The Kier molecular flexibility index (Phi) is 5.87. The Morgan fingerprint density at radius 3 is 2.96 bits per heavy atom. The second-order valence-electron chi connectivity index (χ2n) is 5.50. The number of anilines is 1. The summed E-state index contributed by atoms with van der Waals surface area (Å²) in [6.45, 7) is 2.39. The highest BCUT2D eigenvalue weighted by Crippen LogP contribution is 2.35. The number of nitrogens with zero attached hydrogens (tertiary/aromatic N) is 1. The van der Waals surface area contributed by atoms with Crippen LogP contribution < -0.4 is 25.0 Å². The van der Waals surface area contributed by atoms with Crippen LogP contribution in [0.2, 0.25) is 5.02 Å². The highest BCUT2D eigenvalue weighted by Gasteiger charge is 2.13. The molecule has 0 fully saturated rings. The average molecular weight is 392 g/mol. The Morgan fingerprint density at radius 1 is 1.33 bits per heavy atom. The topological polar surface area (TPSA) is 101 Å². The predicted octanol–water partition coefficient (Wildman–Crippen LogP) is 2.74. The largest absolute Gasteiger partial charge is 0.503 e. The number of phenols is 1. The van der Waals surface area contributed by atoms with Crippen molar-refractivity contribution in [1.82, 2.24) is 5.43 Å². The molecule has 1 amide bonds. The predicted molar refractivity (Wildman–Crippen MR) is 101 cm³/mol. The Bertz CT molecular complexity index is 872. The number of phenolic OH excluding ortho intramolecular Hbond substituents is 1. The molecule has 0 radical (unpaired) electrons. The number of amides is 1. The standard InChI is InChI=1S/C18H18ClN3O5/c1-2-25-16-6-11(5-13(19)18(16)24)8-21-22-17(23)9-20-12-3-4-14-15(7-12)27-10-26-14/h3-8,20,24H,2,9-10H2,1H3,(H,22,23)/b21-8-. The van der Waals surface area contributed by atoms with E-state index < -0.39 is 0 Å². The van der Waals surface area contributed by atoms with E-state index in [0.29, 0.717) is 23.7 Å². The lowest BCUT2D eigenvalue weighted by atomic mass is 10.2. The molecule has 1 aliphatic rings. The molecule has 2 aromatic rings. The van der Waals surface area contributed by atoms with Crippen LogP contribution >= 0.6 is 11.6 Å². The zero-order chi connectivity index (χ0) is 19.2. The van der Waals surface area contributed by atoms with Gasteiger partial charge in [0.2, 0.25) is 6.79 Å². The monoisotopic (exact) mass is 391 g/mol. The van der Waals surface area contributed by atoms with Crippen molar-refractivity contribution in [2.75, 3.05) is 25.3 Å². The lowest BCUT2D eigenvalue weighted by Gasteiger charge is -2.08. The lowest BCUT2D eigenvalue weighted by Crippen LogP contribution is -2.25. The number of benzene rings is 2. The third-order valence-corrected chi connectivity index (χ3v) is 3.87. The van der Waals surface area contributed by atoms with E-state index >= 15 is 0 Å². The molecule has 1 heterocycles. The number of ether oxygens (including phenoxy) is 3. The number of carbonyl (C=O) groups is 1. The summed E-state index contributed by atoms with van der Waals surface area (Å²) in [6, 6.07) is 8.40. The van der Waals surface area contributed by atoms with E-state index in [1.807, 2.05) is 0 Å². The smallest absolute Gasteiger partial charge is 0.259 e. The molecule has 1 aliphatic heterocycles. The van der Waals surface area contributed by atoms with Gasteiger partial charge in [-0.3, -0.25) is 4.79 Å². The van der Waals surface area contributed by atoms with Gasteiger partial charge in [-0.05, 0) is 36.8 Å². The zero-order valence-corrected chi connectivity index (χ0v) is 15.2. The number of hydrogen-bond acceptors (Lipinski definition) is 7. The molecule has 0 atom stereocenters. The summed E-state index contributed by atoms with van der Waals surface area (Å²) in [6.07, 6.45) is 1.41. The van der Waals surface area contributed by atoms with Gasteiger partial charge in [0.05, 0.1) is 24.4 Å². The fourth-order valence-electron chi connectivity index (χ4n) is 2.34. The van der Waals surface area contributed by atoms with Crippen molar-refractivity contribution in [3.63, 3.8) is 0 Å². The Balaban J connectivity index is 1.53. The Labute approximate surface area is 160 Å². The molecular formula is C18H18ClN3O5. The van der Waals surface area contributed by atoms with Crippen molar-refractivity contribution >= 4 is 29.4 Å². The summed E-state index contributed by atoms with van der Waals surface area (Å²) in [5.74, 6) is 1.09. The summed E-state index contributed by atoms with van der Waals surface area (Å²) < 4.78 is 15.8. The zero-order valence-electron chi connectivity index (χ0n) is 14.5. The van der Waals surface area contributed by atoms with Crippen LogP contribution in [-0.4, -0.2) is 37.2 Å². The van der Waals surface area contributed by atoms with E-state index in [1.54, 1.807) is 31.2 Å². The molecular weight excluding hydrogens is 374 g/mol. The molecule has 0 bridgehead atoms. The normalized spacial score (nSPS) is 12.2. The van der Waals surface area contributed by atoms with Crippen molar-refractivity contribution in [3.8, 4) is 23.0 Å². The minimum absolute atomic E-state index is 0.0253. The summed E-state index contributed by atoms with van der Waals surface area (Å²) in [5, 5.41) is 16.8. The van der Waals surface area contributed by atoms with Crippen LogP contribution in [0.15, 0.2) is 35.4 Å². The van der Waals surface area contributed by atoms with Gasteiger partial charge in [0.1, 0.15) is 0 Å². The SMILES string of the molecule is CCOc1cc(/C=N\NC(=O)CNc2ccc3c(c2)OCO3)cc(Cl)c1O. The first-order valence-electron chi connectivity index (χ1n) is 8.17. The van der Waals surface area contributed by atoms with Crippen molar-refractivity contribution in [3.05, 3.63) is 40.9 Å². The van der Waals surface area contributed by atoms with Gasteiger partial charge in [-0.15, -0.1) is 0 Å². The number of hydrazone groups is 1. The minimum atomic E-state index is -0.334. The lowest BCUT2D eigenvalue weighted by molar-refractivity contribution is -0.119. The average Bonchev–Trinajstić information content (AvgIpc) is 3.12. The molecule has 0 aromatic heterocycles. The van der Waals surface area contributed by atoms with Gasteiger partial charge in [0.15, 0.2) is 23.0 Å². The second kappa shape index (κ2) is 8.50. The van der Waals surface area contributed by atoms with Crippen LogP contribution in [0.25, 0.3) is 0 Å². The van der Waals surface area contributed by atoms with Gasteiger partial charge in [0, 0.05) is 11.8 Å². The minimum Gasteiger partial charge on any atom is -0.503 e. The maximum Gasteiger partial charge on any atom is 0.259 e. The quantitative estimate of drug-likeness (QED) is 0.495. The van der Waals surface area contributed by atoms with Gasteiger partial charge in [-0.2, -0.15) is 5.10 Å². The molecule has 2 aromatic carbocycles. The Hall–Kier alpha value is -3.13. The van der Waals surface area contributed by atoms with Gasteiger partial charge >= 0.3 is 0 Å². The fourth-order valence-corrected chi connectivity index (χ4v) is 2.56. The molecule has 142 valence electrons. The third-order valence-electron chi connectivity index (χ3n) is 3.58. The molecule has 3 rings (SSSR count). The van der Waals surface area contributed by atoms with Gasteiger partial charge in [0.25, 0.3) is 5.91 Å². The first kappa shape index (κ1) is 18.7. The van der Waals surface area contributed by atoms with Crippen LogP contribution in [-0.2, 0) is 4.79 Å². The second-order valence-corrected chi connectivity index (χ2v) is 5.90. The molecule has 0 unspecified atom stereocenters. The van der Waals surface area contributed by atoms with E-state index in [1.165, 1.54) is 12.3 Å². The van der Waals surface area contributed by atoms with E-state index in [2.05, 4.69) is 15.8 Å². The molecule has 27 heavy (non-hydrogen) atoms. The van der Waals surface area contributed by atoms with E-state index in [-0.39, 0.29) is 35.8 Å². The number of hydrogen-bond donors (Lipinski definition) is 3. The molecule has 9 heteroatoms. The van der Waals surface area contributed by atoms with Crippen LogP contribution in [0, 0.1) is 0 Å². The maximum absolute atomic E-state index is 11.9. The fraction of sp³-hybridized carbons (Fsp3) is 0.222. The van der Waals surface area contributed by atoms with Crippen LogP contribution in [0.1, 0.15) is 12.5 Å². The van der Waals surface area contributed by atoms with Crippen LogP contribution in [0.5, 0.6) is 23.0 Å². The van der Waals surface area contributed by atoms with Crippen molar-refractivity contribution < 1.29 is 24.1 Å². The number of fused-ring (bicyclic) bond motifs is 1. The molecule has 0 saturated heterocycles. The summed E-state index contributed by atoms with van der Waals surface area (Å²) >= 11 is 5.95. The van der Waals surface area contributed by atoms with Crippen molar-refractivity contribution in [2.24, 2.45) is 5.10 Å².